The van der Waals surface area contributed by atoms with Crippen LogP contribution < -0.4 is 5.56 Å². The number of para-hydroxylation sites is 2. The van der Waals surface area contributed by atoms with Crippen molar-refractivity contribution in [3.8, 4) is 5.69 Å². The Bertz CT molecular complexity index is 1410. The average molecular weight is 474 g/mol. The van der Waals surface area contributed by atoms with Crippen LogP contribution in [-0.4, -0.2) is 26.9 Å². The molecule has 1 aromatic heterocycles. The first-order valence-corrected chi connectivity index (χ1v) is 11.8. The highest BCUT2D eigenvalue weighted by molar-refractivity contribution is 6.32. The van der Waals surface area contributed by atoms with E-state index in [-0.39, 0.29) is 17.4 Å². The molecule has 5 nitrogen and oxygen atoms in total. The van der Waals surface area contributed by atoms with Crippen molar-refractivity contribution in [2.75, 3.05) is 6.54 Å². The third kappa shape index (κ3) is 4.48. The maximum atomic E-state index is 13.8. The van der Waals surface area contributed by atoms with Crippen molar-refractivity contribution in [1.29, 1.82) is 0 Å². The van der Waals surface area contributed by atoms with E-state index in [1.807, 2.05) is 68.4 Å². The highest BCUT2D eigenvalue weighted by Crippen LogP contribution is 2.28. The summed E-state index contributed by atoms with van der Waals surface area (Å²) >= 11 is 6.53. The lowest BCUT2D eigenvalue weighted by molar-refractivity contribution is 0.0654. The molecule has 1 atom stereocenters. The lowest BCUT2D eigenvalue weighted by Crippen LogP contribution is -2.39. The van der Waals surface area contributed by atoms with Gasteiger partial charge in [0.1, 0.15) is 5.82 Å². The van der Waals surface area contributed by atoms with Gasteiger partial charge >= 0.3 is 0 Å². The van der Waals surface area contributed by atoms with E-state index < -0.39 is 6.04 Å². The van der Waals surface area contributed by atoms with Crippen LogP contribution in [-0.2, 0) is 0 Å². The summed E-state index contributed by atoms with van der Waals surface area (Å²) in [5.41, 5.74) is 2.46. The number of hydrogen-bond acceptors (Lipinski definition) is 3. The third-order valence-electron chi connectivity index (χ3n) is 5.93. The minimum absolute atomic E-state index is 0.0904. The summed E-state index contributed by atoms with van der Waals surface area (Å²) < 4.78 is 1.55. The molecule has 0 saturated heterocycles. The van der Waals surface area contributed by atoms with Crippen LogP contribution in [0, 0.1) is 12.8 Å². The second kappa shape index (κ2) is 9.82. The SMILES string of the molecule is Cc1ccccc1C(=O)N(CC(C)C)C(C)c1nc2ccccc2c(=O)n1-c1ccccc1Cl. The molecule has 0 bridgehead atoms. The molecule has 4 rings (SSSR count). The van der Waals surface area contributed by atoms with Gasteiger partial charge in [0, 0.05) is 12.1 Å². The molecule has 0 spiro atoms. The summed E-state index contributed by atoms with van der Waals surface area (Å²) in [4.78, 5) is 34.2. The predicted molar refractivity (Wildman–Crippen MR) is 138 cm³/mol. The molecule has 0 radical (unpaired) electrons. The van der Waals surface area contributed by atoms with Crippen LogP contribution >= 0.6 is 11.6 Å². The zero-order chi connectivity index (χ0) is 24.4. The van der Waals surface area contributed by atoms with Crippen molar-refractivity contribution in [2.45, 2.75) is 33.7 Å². The molecule has 6 heteroatoms. The summed E-state index contributed by atoms with van der Waals surface area (Å²) in [6, 6.07) is 21.5. The van der Waals surface area contributed by atoms with E-state index in [9.17, 15) is 9.59 Å². The summed E-state index contributed by atoms with van der Waals surface area (Å²) in [5.74, 6) is 0.600. The first kappa shape index (κ1) is 23.7. The van der Waals surface area contributed by atoms with Crippen molar-refractivity contribution in [1.82, 2.24) is 14.5 Å². The Morgan fingerprint density at radius 1 is 0.971 bits per heavy atom. The summed E-state index contributed by atoms with van der Waals surface area (Å²) in [7, 11) is 0. The van der Waals surface area contributed by atoms with Gasteiger partial charge < -0.3 is 4.90 Å². The summed E-state index contributed by atoms with van der Waals surface area (Å²) in [6.45, 7) is 8.50. The molecular weight excluding hydrogens is 446 g/mol. The number of benzene rings is 3. The van der Waals surface area contributed by atoms with Gasteiger partial charge in [-0.3, -0.25) is 14.2 Å². The molecule has 1 unspecified atom stereocenters. The first-order valence-electron chi connectivity index (χ1n) is 11.4. The topological polar surface area (TPSA) is 55.2 Å². The second-order valence-electron chi connectivity index (χ2n) is 8.92. The molecule has 0 aliphatic rings. The molecule has 0 N–H and O–H groups in total. The van der Waals surface area contributed by atoms with Crippen LogP contribution in [0.25, 0.3) is 16.6 Å². The van der Waals surface area contributed by atoms with Crippen LogP contribution in [0.2, 0.25) is 5.02 Å². The zero-order valence-corrected chi connectivity index (χ0v) is 20.6. The highest BCUT2D eigenvalue weighted by Gasteiger charge is 2.29. The number of aryl methyl sites for hydroxylation is 1. The summed E-state index contributed by atoms with van der Waals surface area (Å²) in [6.07, 6.45) is 0. The van der Waals surface area contributed by atoms with Gasteiger partial charge in [-0.25, -0.2) is 4.98 Å². The van der Waals surface area contributed by atoms with Gasteiger partial charge in [-0.1, -0.05) is 67.9 Å². The number of aromatic nitrogens is 2. The van der Waals surface area contributed by atoms with E-state index >= 15 is 0 Å². The van der Waals surface area contributed by atoms with Crippen molar-refractivity contribution in [3.63, 3.8) is 0 Å². The van der Waals surface area contributed by atoms with Gasteiger partial charge in [0.15, 0.2) is 0 Å². The van der Waals surface area contributed by atoms with Crippen molar-refractivity contribution in [2.24, 2.45) is 5.92 Å². The van der Waals surface area contributed by atoms with Gasteiger partial charge in [0.2, 0.25) is 0 Å². The maximum Gasteiger partial charge on any atom is 0.266 e. The van der Waals surface area contributed by atoms with Gasteiger partial charge in [0.25, 0.3) is 11.5 Å². The Morgan fingerprint density at radius 2 is 1.62 bits per heavy atom. The van der Waals surface area contributed by atoms with E-state index in [4.69, 9.17) is 16.6 Å². The molecule has 34 heavy (non-hydrogen) atoms. The number of nitrogens with zero attached hydrogens (tertiary/aromatic N) is 3. The molecular formula is C28H28ClN3O2. The van der Waals surface area contributed by atoms with Crippen LogP contribution in [0.4, 0.5) is 0 Å². The third-order valence-corrected chi connectivity index (χ3v) is 6.25. The summed E-state index contributed by atoms with van der Waals surface area (Å²) in [5, 5.41) is 0.940. The molecule has 1 amide bonds. The maximum absolute atomic E-state index is 13.8. The molecule has 1 heterocycles. The average Bonchev–Trinajstić information content (AvgIpc) is 2.82. The largest absolute Gasteiger partial charge is 0.328 e. The Kier molecular flexibility index (Phi) is 6.85. The Morgan fingerprint density at radius 3 is 2.32 bits per heavy atom. The number of amides is 1. The molecule has 3 aromatic carbocycles. The molecule has 0 aliphatic carbocycles. The lowest BCUT2D eigenvalue weighted by atomic mass is 10.0. The van der Waals surface area contributed by atoms with Gasteiger partial charge in [-0.05, 0) is 55.7 Å². The van der Waals surface area contributed by atoms with Crippen LogP contribution in [0.1, 0.15) is 48.6 Å². The monoisotopic (exact) mass is 473 g/mol. The number of halogens is 1. The lowest BCUT2D eigenvalue weighted by Gasteiger charge is -2.32. The number of carbonyl (C=O) groups is 1. The van der Waals surface area contributed by atoms with Crippen molar-refractivity contribution >= 4 is 28.4 Å². The van der Waals surface area contributed by atoms with E-state index in [2.05, 4.69) is 13.8 Å². The zero-order valence-electron chi connectivity index (χ0n) is 19.8. The van der Waals surface area contributed by atoms with E-state index in [0.29, 0.717) is 39.5 Å². The van der Waals surface area contributed by atoms with E-state index in [1.165, 1.54) is 0 Å². The Labute approximate surface area is 204 Å². The number of fused-ring (bicyclic) bond motifs is 1. The fourth-order valence-corrected chi connectivity index (χ4v) is 4.43. The molecule has 4 aromatic rings. The van der Waals surface area contributed by atoms with Gasteiger partial charge in [0.05, 0.1) is 27.7 Å². The standard InChI is InChI=1S/C28H28ClN3O2/c1-18(2)17-31(27(33)21-12-6-5-11-19(21)3)20(4)26-30-24-15-9-7-13-22(24)28(34)32(26)25-16-10-8-14-23(25)29/h5-16,18,20H,17H2,1-4H3. The predicted octanol–water partition coefficient (Wildman–Crippen LogP) is 6.21. The van der Waals surface area contributed by atoms with Crippen molar-refractivity contribution in [3.05, 3.63) is 105 Å². The minimum atomic E-state index is -0.483. The Balaban J connectivity index is 1.95. The minimum Gasteiger partial charge on any atom is -0.328 e. The molecule has 0 fully saturated rings. The smallest absolute Gasteiger partial charge is 0.266 e. The van der Waals surface area contributed by atoms with Crippen LogP contribution in [0.3, 0.4) is 0 Å². The fraction of sp³-hybridized carbons (Fsp3) is 0.250. The normalized spacial score (nSPS) is 12.2. The first-order chi connectivity index (χ1) is 16.3. The van der Waals surface area contributed by atoms with Gasteiger partial charge in [-0.2, -0.15) is 0 Å². The fourth-order valence-electron chi connectivity index (χ4n) is 4.21. The van der Waals surface area contributed by atoms with Crippen molar-refractivity contribution < 1.29 is 4.79 Å². The van der Waals surface area contributed by atoms with E-state index in [1.54, 1.807) is 27.7 Å². The van der Waals surface area contributed by atoms with Crippen LogP contribution in [0.15, 0.2) is 77.6 Å². The molecule has 0 saturated carbocycles. The van der Waals surface area contributed by atoms with E-state index in [0.717, 1.165) is 5.56 Å². The number of rotatable bonds is 6. The number of hydrogen-bond donors (Lipinski definition) is 0. The number of carbonyl (C=O) groups excluding carboxylic acids is 1. The highest BCUT2D eigenvalue weighted by atomic mass is 35.5. The van der Waals surface area contributed by atoms with Crippen LogP contribution in [0.5, 0.6) is 0 Å². The molecule has 174 valence electrons. The second-order valence-corrected chi connectivity index (χ2v) is 9.33. The molecule has 0 aliphatic heterocycles. The Hall–Kier alpha value is -3.44. The quantitative estimate of drug-likeness (QED) is 0.334. The van der Waals surface area contributed by atoms with Gasteiger partial charge in [-0.15, -0.1) is 0 Å².